The van der Waals surface area contributed by atoms with Crippen molar-refractivity contribution < 1.29 is 49.2 Å². The van der Waals surface area contributed by atoms with E-state index in [1.807, 2.05) is 0 Å². The molecular formula is C11H13BrNNaO4. The predicted octanol–water partition coefficient (Wildman–Crippen LogP) is -1.82. The van der Waals surface area contributed by atoms with Crippen molar-refractivity contribution in [3.63, 3.8) is 0 Å². The summed E-state index contributed by atoms with van der Waals surface area (Å²) >= 11 is 3.16. The van der Waals surface area contributed by atoms with Gasteiger partial charge in [-0.3, -0.25) is 9.78 Å². The van der Waals surface area contributed by atoms with Crippen LogP contribution in [-0.4, -0.2) is 16.3 Å². The first kappa shape index (κ1) is 18.0. The van der Waals surface area contributed by atoms with Gasteiger partial charge in [0.25, 0.3) is 0 Å². The molecule has 0 aliphatic carbocycles. The second-order valence-corrected chi connectivity index (χ2v) is 4.31. The molecule has 7 heteroatoms. The normalized spacial score (nSPS) is 9.78. The minimum Gasteiger partial charge on any atom is -0.723 e. The van der Waals surface area contributed by atoms with E-state index in [0.717, 1.165) is 5.56 Å². The maximum Gasteiger partial charge on any atom is 1.00 e. The van der Waals surface area contributed by atoms with Gasteiger partial charge in [-0.2, -0.15) is 0 Å². The van der Waals surface area contributed by atoms with Crippen LogP contribution in [0.25, 0.3) is 0 Å². The molecule has 0 aromatic carbocycles. The van der Waals surface area contributed by atoms with E-state index in [4.69, 9.17) is 4.74 Å². The average Bonchev–Trinajstić information content (AvgIpc) is 2.24. The Morgan fingerprint density at radius 1 is 1.50 bits per heavy atom. The molecule has 0 spiro atoms. The number of aromatic nitrogens is 1. The molecule has 0 N–H and O–H groups in total. The van der Waals surface area contributed by atoms with E-state index in [1.165, 1.54) is 0 Å². The molecule has 94 valence electrons. The topological polar surface area (TPSA) is 71.5 Å². The maximum absolute atomic E-state index is 11.4. The third-order valence-corrected chi connectivity index (χ3v) is 2.50. The number of aryl methyl sites for hydroxylation is 2. The van der Waals surface area contributed by atoms with E-state index < -0.39 is 0 Å². The quantitative estimate of drug-likeness (QED) is 0.210. The Bertz CT molecular complexity index is 391. The zero-order valence-electron chi connectivity index (χ0n) is 10.7. The van der Waals surface area contributed by atoms with E-state index in [2.05, 4.69) is 25.8 Å². The van der Waals surface area contributed by atoms with Crippen LogP contribution in [0.2, 0.25) is 0 Å². The summed E-state index contributed by atoms with van der Waals surface area (Å²) in [4.78, 5) is 19.3. The number of carbonyl (C=O) groups is 1. The summed E-state index contributed by atoms with van der Waals surface area (Å²) in [5.41, 5.74) is 1.85. The van der Waals surface area contributed by atoms with Gasteiger partial charge in [0.2, 0.25) is 0 Å². The fourth-order valence-corrected chi connectivity index (χ4v) is 1.75. The molecule has 0 saturated heterocycles. The Morgan fingerprint density at radius 2 is 2.17 bits per heavy atom. The van der Waals surface area contributed by atoms with Crippen molar-refractivity contribution in [2.24, 2.45) is 0 Å². The molecule has 0 unspecified atom stereocenters. The first-order valence-electron chi connectivity index (χ1n) is 5.07. The molecule has 1 aromatic rings. The monoisotopic (exact) mass is 325 g/mol. The Morgan fingerprint density at radius 3 is 2.67 bits per heavy atom. The molecule has 1 aromatic heterocycles. The van der Waals surface area contributed by atoms with Crippen molar-refractivity contribution in [2.75, 3.05) is 5.33 Å². The SMILES string of the molecule is Cc1cc(CO[O-])nc(C)c1OC(=O)CCBr.[Na+]. The van der Waals surface area contributed by atoms with Crippen LogP contribution in [0.4, 0.5) is 0 Å². The van der Waals surface area contributed by atoms with E-state index in [9.17, 15) is 10.1 Å². The van der Waals surface area contributed by atoms with Crippen LogP contribution in [0.3, 0.4) is 0 Å². The van der Waals surface area contributed by atoms with Gasteiger partial charge in [-0.05, 0) is 25.5 Å². The van der Waals surface area contributed by atoms with Crippen LogP contribution in [0.1, 0.15) is 23.4 Å². The van der Waals surface area contributed by atoms with Crippen molar-refractivity contribution >= 4 is 21.9 Å². The van der Waals surface area contributed by atoms with Crippen molar-refractivity contribution in [3.05, 3.63) is 23.0 Å². The van der Waals surface area contributed by atoms with Gasteiger partial charge in [-0.15, -0.1) is 0 Å². The van der Waals surface area contributed by atoms with Gasteiger partial charge in [-0.1, -0.05) is 15.9 Å². The molecule has 0 bridgehead atoms. The fraction of sp³-hybridized carbons (Fsp3) is 0.455. The number of rotatable bonds is 5. The van der Waals surface area contributed by atoms with Crippen LogP contribution >= 0.6 is 15.9 Å². The number of alkyl halides is 1. The molecule has 1 heterocycles. The van der Waals surface area contributed by atoms with Gasteiger partial charge in [0.1, 0.15) is 0 Å². The van der Waals surface area contributed by atoms with E-state index in [0.29, 0.717) is 28.9 Å². The zero-order valence-corrected chi connectivity index (χ0v) is 14.2. The Kier molecular flexibility index (Phi) is 9.02. The summed E-state index contributed by atoms with van der Waals surface area (Å²) in [6.07, 6.45) is 0.296. The first-order valence-corrected chi connectivity index (χ1v) is 6.19. The largest absolute Gasteiger partial charge is 1.00 e. The summed E-state index contributed by atoms with van der Waals surface area (Å²) < 4.78 is 5.20. The number of pyridine rings is 1. The Balaban J connectivity index is 0.00000289. The number of ether oxygens (including phenoxy) is 1. The molecule has 0 amide bonds. The second-order valence-electron chi connectivity index (χ2n) is 3.52. The first-order chi connectivity index (χ1) is 8.08. The molecule has 18 heavy (non-hydrogen) atoms. The van der Waals surface area contributed by atoms with E-state index in [1.54, 1.807) is 19.9 Å². The third-order valence-electron chi connectivity index (χ3n) is 2.10. The predicted molar refractivity (Wildman–Crippen MR) is 62.5 cm³/mol. The van der Waals surface area contributed by atoms with Crippen molar-refractivity contribution in [1.29, 1.82) is 0 Å². The maximum atomic E-state index is 11.4. The van der Waals surface area contributed by atoms with E-state index >= 15 is 0 Å². The number of esters is 1. The Labute approximate surface area is 136 Å². The Hall–Kier alpha value is 0.0200. The summed E-state index contributed by atoms with van der Waals surface area (Å²) in [6, 6.07) is 1.67. The summed E-state index contributed by atoms with van der Waals surface area (Å²) in [6.45, 7) is 3.41. The van der Waals surface area contributed by atoms with Crippen LogP contribution in [0.5, 0.6) is 5.75 Å². The molecule has 0 fully saturated rings. The van der Waals surface area contributed by atoms with Gasteiger partial charge < -0.3 is 14.9 Å². The van der Waals surface area contributed by atoms with Crippen LogP contribution in [0, 0.1) is 13.8 Å². The minimum atomic E-state index is -0.317. The van der Waals surface area contributed by atoms with Crippen molar-refractivity contribution in [3.8, 4) is 5.75 Å². The van der Waals surface area contributed by atoms with Gasteiger partial charge in [0.05, 0.1) is 24.4 Å². The summed E-state index contributed by atoms with van der Waals surface area (Å²) in [5.74, 6) is 0.133. The molecule has 0 atom stereocenters. The summed E-state index contributed by atoms with van der Waals surface area (Å²) in [7, 11) is 0. The molecule has 0 aliphatic rings. The van der Waals surface area contributed by atoms with E-state index in [-0.39, 0.29) is 42.1 Å². The summed E-state index contributed by atoms with van der Waals surface area (Å²) in [5, 5.41) is 10.6. The van der Waals surface area contributed by atoms with Crippen molar-refractivity contribution in [1.82, 2.24) is 4.98 Å². The number of nitrogens with zero attached hydrogens (tertiary/aromatic N) is 1. The van der Waals surface area contributed by atoms with Crippen molar-refractivity contribution in [2.45, 2.75) is 26.9 Å². The molecule has 0 radical (unpaired) electrons. The second kappa shape index (κ2) is 9.01. The average molecular weight is 326 g/mol. The number of hydrogen-bond donors (Lipinski definition) is 0. The minimum absolute atomic E-state index is 0. The van der Waals surface area contributed by atoms with Crippen LogP contribution in [-0.2, 0) is 16.3 Å². The van der Waals surface area contributed by atoms with Gasteiger partial charge in [-0.25, -0.2) is 0 Å². The number of halogens is 1. The van der Waals surface area contributed by atoms with Gasteiger partial charge in [0.15, 0.2) is 5.75 Å². The molecule has 0 aliphatic heterocycles. The fourth-order valence-electron chi connectivity index (χ4n) is 1.43. The molecule has 5 nitrogen and oxygen atoms in total. The van der Waals surface area contributed by atoms with Gasteiger partial charge >= 0.3 is 35.5 Å². The third kappa shape index (κ3) is 5.34. The molecular weight excluding hydrogens is 313 g/mol. The molecule has 0 saturated carbocycles. The zero-order chi connectivity index (χ0) is 12.8. The smallest absolute Gasteiger partial charge is 0.723 e. The number of carbonyl (C=O) groups excluding carboxylic acids is 1. The van der Waals surface area contributed by atoms with Crippen LogP contribution < -0.4 is 39.6 Å². The van der Waals surface area contributed by atoms with Gasteiger partial charge in [0, 0.05) is 5.33 Å². The standard InChI is InChI=1S/C11H14BrNO4.Na/c1-7-5-9(6-16-15)13-8(2)11(7)17-10(14)3-4-12;/h5,15H,3-4,6H2,1-2H3;/q;+1/p-1. The number of hydrogen-bond acceptors (Lipinski definition) is 5. The molecule has 1 rings (SSSR count). The van der Waals surface area contributed by atoms with Crippen LogP contribution in [0.15, 0.2) is 6.07 Å².